The number of ether oxygens (including phenoxy) is 1. The highest BCUT2D eigenvalue weighted by atomic mass is 19.1. The molecule has 1 aliphatic heterocycles. The molecule has 1 aliphatic rings. The van der Waals surface area contributed by atoms with E-state index in [4.69, 9.17) is 10.5 Å². The summed E-state index contributed by atoms with van der Waals surface area (Å²) in [6.07, 6.45) is 0. The summed E-state index contributed by atoms with van der Waals surface area (Å²) in [5.41, 5.74) is 4.35. The zero-order chi connectivity index (χ0) is 15.8. The maximum absolute atomic E-state index is 14.0. The molecule has 112 valence electrons. The highest BCUT2D eigenvalue weighted by molar-refractivity contribution is 6.21. The number of carbonyl (C=O) groups excluding carboxylic acids is 2. The molecule has 0 saturated heterocycles. The molecule has 0 radical (unpaired) electrons. The Bertz CT molecular complexity index is 638. The number of hydrogen-bond acceptors (Lipinski definition) is 3. The quantitative estimate of drug-likeness (QED) is 0.920. The number of benzene rings is 1. The number of halogens is 1. The fourth-order valence-electron chi connectivity index (χ4n) is 2.09. The first kappa shape index (κ1) is 15.0. The number of amides is 2. The van der Waals surface area contributed by atoms with Crippen molar-refractivity contribution in [1.82, 2.24) is 4.90 Å². The van der Waals surface area contributed by atoms with Crippen LogP contribution in [0.1, 0.15) is 26.3 Å². The van der Waals surface area contributed by atoms with Crippen molar-refractivity contribution in [2.45, 2.75) is 26.3 Å². The smallest absolute Gasteiger partial charge is 0.261 e. The van der Waals surface area contributed by atoms with Gasteiger partial charge in [-0.05, 0) is 26.8 Å². The van der Waals surface area contributed by atoms with Gasteiger partial charge in [-0.3, -0.25) is 14.5 Å². The summed E-state index contributed by atoms with van der Waals surface area (Å²) in [5, 5.41) is 0. The summed E-state index contributed by atoms with van der Waals surface area (Å²) in [7, 11) is 0. The molecule has 5 nitrogen and oxygen atoms in total. The minimum atomic E-state index is -1.23. The lowest BCUT2D eigenvalue weighted by atomic mass is 9.96. The third kappa shape index (κ3) is 2.49. The molecule has 1 heterocycles. The van der Waals surface area contributed by atoms with Crippen molar-refractivity contribution in [1.29, 1.82) is 0 Å². The van der Waals surface area contributed by atoms with Crippen LogP contribution in [0.2, 0.25) is 0 Å². The summed E-state index contributed by atoms with van der Waals surface area (Å²) in [6, 6.07) is 5.93. The number of allylic oxidation sites excluding steroid dienone is 1. The van der Waals surface area contributed by atoms with Gasteiger partial charge in [0.15, 0.2) is 6.73 Å². The molecule has 0 aromatic heterocycles. The number of primary amides is 1. The summed E-state index contributed by atoms with van der Waals surface area (Å²) in [5.74, 6) is -1.34. The second-order valence-electron chi connectivity index (χ2n) is 5.34. The van der Waals surface area contributed by atoms with Crippen LogP contribution in [0.5, 0.6) is 0 Å². The number of nitrogens with zero attached hydrogens (tertiary/aromatic N) is 1. The van der Waals surface area contributed by atoms with E-state index in [0.29, 0.717) is 5.76 Å². The Kier molecular flexibility index (Phi) is 3.72. The lowest BCUT2D eigenvalue weighted by Crippen LogP contribution is -2.57. The van der Waals surface area contributed by atoms with Gasteiger partial charge >= 0.3 is 0 Å². The Balaban J connectivity index is 2.50. The predicted octanol–water partition coefficient (Wildman–Crippen LogP) is 1.64. The molecule has 2 rings (SSSR count). The highest BCUT2D eigenvalue weighted by Gasteiger charge is 2.41. The second kappa shape index (κ2) is 5.20. The average Bonchev–Trinajstić information content (AvgIpc) is 2.40. The zero-order valence-electron chi connectivity index (χ0n) is 12.1. The highest BCUT2D eigenvalue weighted by Crippen LogP contribution is 2.31. The molecule has 21 heavy (non-hydrogen) atoms. The first-order valence-corrected chi connectivity index (χ1v) is 6.47. The van der Waals surface area contributed by atoms with Crippen molar-refractivity contribution in [2.24, 2.45) is 5.73 Å². The van der Waals surface area contributed by atoms with E-state index in [1.54, 1.807) is 13.0 Å². The van der Waals surface area contributed by atoms with Crippen LogP contribution in [-0.4, -0.2) is 29.0 Å². The Hall–Kier alpha value is -2.37. The first-order chi connectivity index (χ1) is 9.76. The Morgan fingerprint density at radius 1 is 1.38 bits per heavy atom. The van der Waals surface area contributed by atoms with Crippen molar-refractivity contribution in [3.05, 3.63) is 41.4 Å². The molecule has 0 fully saturated rings. The number of hydrogen-bond donors (Lipinski definition) is 1. The molecule has 0 atom stereocenters. The van der Waals surface area contributed by atoms with E-state index in [9.17, 15) is 14.0 Å². The van der Waals surface area contributed by atoms with E-state index in [2.05, 4.69) is 0 Å². The van der Waals surface area contributed by atoms with Gasteiger partial charge in [-0.15, -0.1) is 0 Å². The number of nitrogens with two attached hydrogens (primary N) is 1. The van der Waals surface area contributed by atoms with Crippen LogP contribution in [0.15, 0.2) is 30.0 Å². The Labute approximate surface area is 122 Å². The normalized spacial score (nSPS) is 16.0. The third-order valence-electron chi connectivity index (χ3n) is 3.64. The van der Waals surface area contributed by atoms with Crippen LogP contribution in [0.25, 0.3) is 5.57 Å². The van der Waals surface area contributed by atoms with Gasteiger partial charge in [0, 0.05) is 5.56 Å². The minimum absolute atomic E-state index is 0.0987. The van der Waals surface area contributed by atoms with Crippen molar-refractivity contribution < 1.29 is 18.7 Å². The molecule has 2 N–H and O–H groups in total. The van der Waals surface area contributed by atoms with E-state index < -0.39 is 23.2 Å². The Morgan fingerprint density at radius 3 is 2.57 bits per heavy atom. The predicted molar refractivity (Wildman–Crippen MR) is 75.1 cm³/mol. The molecule has 0 saturated carbocycles. The SMILES string of the molecule is CC1=C(c2ccccc2F)C(=O)N(C(C)(C)C(N)=O)CO1. The molecular weight excluding hydrogens is 275 g/mol. The standard InChI is InChI=1S/C15H17FN2O3/c1-9-12(10-6-4-5-7-11(10)16)13(19)18(8-21-9)15(2,3)14(17)20/h4-7H,8H2,1-3H3,(H2,17,20). The fraction of sp³-hybridized carbons (Fsp3) is 0.333. The lowest BCUT2D eigenvalue weighted by Gasteiger charge is -2.39. The number of rotatable bonds is 3. The van der Waals surface area contributed by atoms with Gasteiger partial charge in [0.05, 0.1) is 5.57 Å². The van der Waals surface area contributed by atoms with Gasteiger partial charge in [-0.25, -0.2) is 4.39 Å². The van der Waals surface area contributed by atoms with Crippen LogP contribution < -0.4 is 5.73 Å². The maximum Gasteiger partial charge on any atom is 0.261 e. The van der Waals surface area contributed by atoms with Crippen LogP contribution in [0.4, 0.5) is 4.39 Å². The molecule has 0 bridgehead atoms. The molecule has 0 aliphatic carbocycles. The minimum Gasteiger partial charge on any atom is -0.477 e. The molecule has 0 spiro atoms. The molecule has 6 heteroatoms. The molecule has 0 unspecified atom stereocenters. The van der Waals surface area contributed by atoms with E-state index in [1.807, 2.05) is 0 Å². The Morgan fingerprint density at radius 2 is 2.00 bits per heavy atom. The van der Waals surface area contributed by atoms with E-state index in [1.165, 1.54) is 36.9 Å². The third-order valence-corrected chi connectivity index (χ3v) is 3.64. The number of carbonyl (C=O) groups is 2. The van der Waals surface area contributed by atoms with Gasteiger partial charge in [0.1, 0.15) is 17.1 Å². The van der Waals surface area contributed by atoms with Crippen LogP contribution in [0.3, 0.4) is 0 Å². The van der Waals surface area contributed by atoms with Gasteiger partial charge in [-0.2, -0.15) is 0 Å². The zero-order valence-corrected chi connectivity index (χ0v) is 12.1. The summed E-state index contributed by atoms with van der Waals surface area (Å²) in [4.78, 5) is 25.4. The molecule has 2 amide bonds. The van der Waals surface area contributed by atoms with Crippen molar-refractivity contribution in [3.8, 4) is 0 Å². The van der Waals surface area contributed by atoms with E-state index in [-0.39, 0.29) is 17.9 Å². The van der Waals surface area contributed by atoms with Crippen LogP contribution in [-0.2, 0) is 14.3 Å². The van der Waals surface area contributed by atoms with Gasteiger partial charge in [-0.1, -0.05) is 18.2 Å². The fourth-order valence-corrected chi connectivity index (χ4v) is 2.09. The van der Waals surface area contributed by atoms with Crippen molar-refractivity contribution in [3.63, 3.8) is 0 Å². The maximum atomic E-state index is 14.0. The van der Waals surface area contributed by atoms with Gasteiger partial charge in [0.2, 0.25) is 5.91 Å². The van der Waals surface area contributed by atoms with Crippen LogP contribution in [0, 0.1) is 5.82 Å². The van der Waals surface area contributed by atoms with Crippen molar-refractivity contribution in [2.75, 3.05) is 6.73 Å². The summed E-state index contributed by atoms with van der Waals surface area (Å²) in [6.45, 7) is 4.54. The molecule has 1 aromatic rings. The largest absolute Gasteiger partial charge is 0.477 e. The topological polar surface area (TPSA) is 72.6 Å². The van der Waals surface area contributed by atoms with Gasteiger partial charge < -0.3 is 10.5 Å². The second-order valence-corrected chi connectivity index (χ2v) is 5.34. The monoisotopic (exact) mass is 292 g/mol. The lowest BCUT2D eigenvalue weighted by molar-refractivity contribution is -0.148. The van der Waals surface area contributed by atoms with E-state index in [0.717, 1.165) is 0 Å². The summed E-state index contributed by atoms with van der Waals surface area (Å²) < 4.78 is 19.4. The average molecular weight is 292 g/mol. The van der Waals surface area contributed by atoms with E-state index >= 15 is 0 Å². The first-order valence-electron chi connectivity index (χ1n) is 6.47. The van der Waals surface area contributed by atoms with Crippen LogP contribution >= 0.6 is 0 Å². The molecule has 1 aromatic carbocycles. The van der Waals surface area contributed by atoms with Crippen molar-refractivity contribution >= 4 is 17.4 Å². The molecular formula is C15H17FN2O3. The van der Waals surface area contributed by atoms with Gasteiger partial charge in [0.25, 0.3) is 5.91 Å². The summed E-state index contributed by atoms with van der Waals surface area (Å²) >= 11 is 0.